The predicted octanol–water partition coefficient (Wildman–Crippen LogP) is 6.24. The van der Waals surface area contributed by atoms with Gasteiger partial charge in [0.1, 0.15) is 5.60 Å². The molecule has 0 radical (unpaired) electrons. The molecule has 2 aromatic heterocycles. The number of nitrogens with zero attached hydrogens (tertiary/aromatic N) is 3. The van der Waals surface area contributed by atoms with Crippen LogP contribution in [-0.4, -0.2) is 46.1 Å². The summed E-state index contributed by atoms with van der Waals surface area (Å²) >= 11 is 6.56. The lowest BCUT2D eigenvalue weighted by molar-refractivity contribution is 0.0492. The molecule has 0 saturated heterocycles. The van der Waals surface area contributed by atoms with E-state index in [0.717, 1.165) is 25.7 Å². The first-order chi connectivity index (χ1) is 19.0. The summed E-state index contributed by atoms with van der Waals surface area (Å²) in [4.78, 5) is 21.4. The van der Waals surface area contributed by atoms with Crippen molar-refractivity contribution in [1.82, 2.24) is 19.3 Å². The lowest BCUT2D eigenvalue weighted by Crippen LogP contribution is -2.42. The Morgan fingerprint density at radius 1 is 1.00 bits per heavy atom. The standard InChI is InChI=1S/C29H32ClN5O4S/c1-29(2,3)39-28(36)33-20-15-13-19(14-16-20)32-27-31-17-24(30)26(34-27)23-18-35(25-12-8-7-11-22(23)25)40(37,38)21-9-5-4-6-10-21/h4-12,17-20H,13-16H2,1-3H3,(H,33,36)(H,31,32,34). The number of anilines is 1. The monoisotopic (exact) mass is 581 g/mol. The number of hydrogen-bond donors (Lipinski definition) is 2. The van der Waals surface area contributed by atoms with Gasteiger partial charge in [0, 0.05) is 29.2 Å². The van der Waals surface area contributed by atoms with Crippen molar-refractivity contribution >= 4 is 44.6 Å². The highest BCUT2D eigenvalue weighted by atomic mass is 35.5. The van der Waals surface area contributed by atoms with Crippen molar-refractivity contribution < 1.29 is 17.9 Å². The normalized spacial score (nSPS) is 17.9. The zero-order valence-electron chi connectivity index (χ0n) is 22.6. The second kappa shape index (κ2) is 11.1. The molecule has 0 bridgehead atoms. The third-order valence-electron chi connectivity index (χ3n) is 6.76. The van der Waals surface area contributed by atoms with E-state index in [0.29, 0.717) is 33.1 Å². The minimum Gasteiger partial charge on any atom is -0.444 e. The van der Waals surface area contributed by atoms with Gasteiger partial charge < -0.3 is 15.4 Å². The number of fused-ring (bicyclic) bond motifs is 1. The minimum atomic E-state index is -3.85. The molecule has 1 saturated carbocycles. The van der Waals surface area contributed by atoms with Gasteiger partial charge in [-0.2, -0.15) is 0 Å². The van der Waals surface area contributed by atoms with E-state index in [1.54, 1.807) is 48.7 Å². The van der Waals surface area contributed by atoms with Crippen LogP contribution >= 0.6 is 11.6 Å². The van der Waals surface area contributed by atoms with Crippen LogP contribution in [0.25, 0.3) is 22.2 Å². The third kappa shape index (κ3) is 6.08. The Kier molecular flexibility index (Phi) is 7.74. The van der Waals surface area contributed by atoms with Crippen LogP contribution in [0.3, 0.4) is 0 Å². The van der Waals surface area contributed by atoms with Gasteiger partial charge in [-0.3, -0.25) is 0 Å². The van der Waals surface area contributed by atoms with Crippen molar-refractivity contribution in [3.8, 4) is 11.3 Å². The summed E-state index contributed by atoms with van der Waals surface area (Å²) in [7, 11) is -3.85. The van der Waals surface area contributed by atoms with Gasteiger partial charge in [-0.15, -0.1) is 0 Å². The van der Waals surface area contributed by atoms with Crippen molar-refractivity contribution in [2.45, 2.75) is 69.0 Å². The molecule has 1 aliphatic carbocycles. The maximum absolute atomic E-state index is 13.5. The lowest BCUT2D eigenvalue weighted by Gasteiger charge is -2.30. The van der Waals surface area contributed by atoms with E-state index in [1.165, 1.54) is 10.2 Å². The first-order valence-electron chi connectivity index (χ1n) is 13.2. The summed E-state index contributed by atoms with van der Waals surface area (Å²) in [6.07, 6.45) is 5.91. The number of halogens is 1. The number of rotatable bonds is 6. The van der Waals surface area contributed by atoms with Gasteiger partial charge in [-0.05, 0) is 64.7 Å². The van der Waals surface area contributed by atoms with Gasteiger partial charge >= 0.3 is 6.09 Å². The van der Waals surface area contributed by atoms with Crippen molar-refractivity contribution in [3.63, 3.8) is 0 Å². The van der Waals surface area contributed by atoms with Gasteiger partial charge in [-0.25, -0.2) is 27.2 Å². The molecular formula is C29H32ClN5O4S. The Bertz CT molecular complexity index is 1630. The van der Waals surface area contributed by atoms with Gasteiger partial charge in [0.25, 0.3) is 10.0 Å². The van der Waals surface area contributed by atoms with Gasteiger partial charge in [0.15, 0.2) is 0 Å². The molecule has 1 aliphatic rings. The molecule has 0 aliphatic heterocycles. The highest BCUT2D eigenvalue weighted by molar-refractivity contribution is 7.90. The third-order valence-corrected chi connectivity index (χ3v) is 8.72. The summed E-state index contributed by atoms with van der Waals surface area (Å²) in [6, 6.07) is 15.7. The molecule has 0 unspecified atom stereocenters. The summed E-state index contributed by atoms with van der Waals surface area (Å²) in [5, 5.41) is 7.37. The van der Waals surface area contributed by atoms with Crippen molar-refractivity contribution in [2.75, 3.05) is 5.32 Å². The molecule has 210 valence electrons. The number of benzene rings is 2. The van der Waals surface area contributed by atoms with Gasteiger partial charge in [-0.1, -0.05) is 48.0 Å². The second-order valence-electron chi connectivity index (χ2n) is 10.9. The number of carbonyl (C=O) groups excluding carboxylic acids is 1. The zero-order valence-corrected chi connectivity index (χ0v) is 24.2. The van der Waals surface area contributed by atoms with Crippen LogP contribution in [0.5, 0.6) is 0 Å². The molecule has 1 fully saturated rings. The number of nitrogens with one attached hydrogen (secondary N) is 2. The average molecular weight is 582 g/mol. The molecule has 1 amide bonds. The summed E-state index contributed by atoms with van der Waals surface area (Å²) in [6.45, 7) is 5.52. The van der Waals surface area contributed by atoms with E-state index in [-0.39, 0.29) is 17.0 Å². The predicted molar refractivity (Wildman–Crippen MR) is 156 cm³/mol. The fraction of sp³-hybridized carbons (Fsp3) is 0.345. The summed E-state index contributed by atoms with van der Waals surface area (Å²) < 4.78 is 33.7. The van der Waals surface area contributed by atoms with Crippen molar-refractivity contribution in [3.05, 3.63) is 72.0 Å². The first kappa shape index (κ1) is 27.9. The molecule has 0 atom stereocenters. The van der Waals surface area contributed by atoms with E-state index >= 15 is 0 Å². The highest BCUT2D eigenvalue weighted by Crippen LogP contribution is 2.36. The number of hydrogen-bond acceptors (Lipinski definition) is 7. The lowest BCUT2D eigenvalue weighted by atomic mass is 9.91. The first-order valence-corrected chi connectivity index (χ1v) is 15.0. The van der Waals surface area contributed by atoms with E-state index in [2.05, 4.69) is 15.6 Å². The number of ether oxygens (including phenoxy) is 1. The number of carbonyl (C=O) groups is 1. The molecule has 4 aromatic rings. The molecule has 9 nitrogen and oxygen atoms in total. The van der Waals surface area contributed by atoms with Crippen LogP contribution in [0.2, 0.25) is 5.02 Å². The smallest absolute Gasteiger partial charge is 0.407 e. The summed E-state index contributed by atoms with van der Waals surface area (Å²) in [5.41, 5.74) is 1.03. The Hall–Kier alpha value is -3.63. The topological polar surface area (TPSA) is 115 Å². The fourth-order valence-electron chi connectivity index (χ4n) is 4.91. The minimum absolute atomic E-state index is 0.0484. The highest BCUT2D eigenvalue weighted by Gasteiger charge is 2.26. The van der Waals surface area contributed by atoms with E-state index < -0.39 is 21.7 Å². The quantitative estimate of drug-likeness (QED) is 0.277. The SMILES string of the molecule is CC(C)(C)OC(=O)NC1CCC(Nc2ncc(Cl)c(-c3cn(S(=O)(=O)c4ccccc4)c4ccccc34)n2)CC1. The van der Waals surface area contributed by atoms with E-state index in [1.807, 2.05) is 32.9 Å². The fourth-order valence-corrected chi connectivity index (χ4v) is 6.49. The van der Waals surface area contributed by atoms with E-state index in [4.69, 9.17) is 21.3 Å². The Balaban J connectivity index is 1.36. The second-order valence-corrected chi connectivity index (χ2v) is 13.1. The largest absolute Gasteiger partial charge is 0.444 e. The maximum atomic E-state index is 13.5. The molecule has 11 heteroatoms. The molecule has 0 spiro atoms. The van der Waals surface area contributed by atoms with Crippen molar-refractivity contribution in [2.24, 2.45) is 0 Å². The van der Waals surface area contributed by atoms with Crippen LogP contribution in [0.4, 0.5) is 10.7 Å². The van der Waals surface area contributed by atoms with Crippen LogP contribution < -0.4 is 10.6 Å². The van der Waals surface area contributed by atoms with Crippen LogP contribution in [-0.2, 0) is 14.8 Å². The van der Waals surface area contributed by atoms with Crippen LogP contribution in [0, 0.1) is 0 Å². The van der Waals surface area contributed by atoms with Gasteiger partial charge in [0.05, 0.1) is 27.3 Å². The Morgan fingerprint density at radius 3 is 2.35 bits per heavy atom. The van der Waals surface area contributed by atoms with E-state index in [9.17, 15) is 13.2 Å². The number of para-hydroxylation sites is 1. The van der Waals surface area contributed by atoms with Crippen molar-refractivity contribution in [1.29, 1.82) is 0 Å². The number of aromatic nitrogens is 3. The number of alkyl carbamates (subject to hydrolysis) is 1. The molecule has 2 heterocycles. The van der Waals surface area contributed by atoms with Crippen LogP contribution in [0.15, 0.2) is 71.9 Å². The molecule has 5 rings (SSSR count). The zero-order chi connectivity index (χ0) is 28.5. The van der Waals surface area contributed by atoms with Crippen LogP contribution in [0.1, 0.15) is 46.5 Å². The van der Waals surface area contributed by atoms with Gasteiger partial charge in [0.2, 0.25) is 5.95 Å². The molecular weight excluding hydrogens is 550 g/mol. The maximum Gasteiger partial charge on any atom is 0.407 e. The number of amides is 1. The molecule has 2 aromatic carbocycles. The summed E-state index contributed by atoms with van der Waals surface area (Å²) in [5.74, 6) is 0.408. The average Bonchev–Trinajstić information content (AvgIpc) is 3.31. The Labute approximate surface area is 239 Å². The molecule has 40 heavy (non-hydrogen) atoms. The molecule has 2 N–H and O–H groups in total. The Morgan fingerprint density at radius 2 is 1.65 bits per heavy atom.